The van der Waals surface area contributed by atoms with Crippen molar-refractivity contribution in [2.75, 3.05) is 6.61 Å². The molecular weight excluding hydrogens is 228 g/mol. The Bertz CT molecular complexity index is 370. The fourth-order valence-electron chi connectivity index (χ4n) is 1.26. The Balaban J connectivity index is 2.40. The maximum Gasteiger partial charge on any atom is 0.308 e. The average Bonchev–Trinajstić information content (AvgIpc) is 2.62. The molecule has 0 radical (unpaired) electrons. The van der Waals surface area contributed by atoms with Gasteiger partial charge < -0.3 is 9.84 Å². The van der Waals surface area contributed by atoms with E-state index >= 15 is 0 Å². The highest BCUT2D eigenvalue weighted by Crippen LogP contribution is 2.18. The van der Waals surface area contributed by atoms with Crippen LogP contribution in [0, 0.1) is 0 Å². The minimum Gasteiger partial charge on any atom is -0.481 e. The van der Waals surface area contributed by atoms with Gasteiger partial charge in [0.25, 0.3) is 0 Å². The van der Waals surface area contributed by atoms with E-state index in [1.54, 1.807) is 13.0 Å². The summed E-state index contributed by atoms with van der Waals surface area (Å²) in [7, 11) is 0. The first-order valence-corrected chi connectivity index (χ1v) is 5.88. The minimum absolute atomic E-state index is 0.0457. The molecule has 0 aliphatic heterocycles. The van der Waals surface area contributed by atoms with Gasteiger partial charge in [-0.3, -0.25) is 9.59 Å². The molecule has 0 aliphatic rings. The first-order chi connectivity index (χ1) is 7.61. The zero-order chi connectivity index (χ0) is 12.0. The van der Waals surface area contributed by atoms with Crippen LogP contribution in [0.25, 0.3) is 0 Å². The minimum atomic E-state index is -0.834. The highest BCUT2D eigenvalue weighted by molar-refractivity contribution is 7.12. The molecule has 1 N–H and O–H groups in total. The number of carboxylic acids is 1. The third-order valence-corrected chi connectivity index (χ3v) is 3.07. The van der Waals surface area contributed by atoms with Crippen molar-refractivity contribution in [2.24, 2.45) is 0 Å². The van der Waals surface area contributed by atoms with Gasteiger partial charge >= 0.3 is 11.9 Å². The van der Waals surface area contributed by atoms with E-state index < -0.39 is 5.97 Å². The Labute approximate surface area is 97.9 Å². The second-order valence-electron chi connectivity index (χ2n) is 3.24. The van der Waals surface area contributed by atoms with Crippen molar-refractivity contribution in [1.82, 2.24) is 0 Å². The number of carbonyl (C=O) groups is 2. The van der Waals surface area contributed by atoms with E-state index in [1.807, 2.05) is 6.07 Å². The molecule has 4 nitrogen and oxygen atoms in total. The lowest BCUT2D eigenvalue weighted by Gasteiger charge is -1.99. The van der Waals surface area contributed by atoms with Crippen molar-refractivity contribution >= 4 is 23.3 Å². The van der Waals surface area contributed by atoms with Crippen LogP contribution in [0.1, 0.15) is 23.1 Å². The molecule has 0 spiro atoms. The van der Waals surface area contributed by atoms with Gasteiger partial charge in [-0.2, -0.15) is 0 Å². The quantitative estimate of drug-likeness (QED) is 0.773. The number of aliphatic carboxylic acids is 1. The second kappa shape index (κ2) is 6.27. The number of hydrogen-bond acceptors (Lipinski definition) is 4. The fraction of sp³-hybridized carbons (Fsp3) is 0.455. The van der Waals surface area contributed by atoms with Crippen LogP contribution in [0.4, 0.5) is 0 Å². The van der Waals surface area contributed by atoms with Crippen LogP contribution < -0.4 is 0 Å². The monoisotopic (exact) mass is 242 g/mol. The third kappa shape index (κ3) is 4.44. The number of thiophene rings is 1. The number of carboxylic acid groups (broad SMARTS) is 1. The number of aryl methyl sites for hydroxylation is 1. The molecule has 5 heteroatoms. The van der Waals surface area contributed by atoms with Gasteiger partial charge in [-0.15, -0.1) is 11.3 Å². The lowest BCUT2D eigenvalue weighted by atomic mass is 10.2. The maximum absolute atomic E-state index is 11.1. The molecule has 1 aromatic heterocycles. The van der Waals surface area contributed by atoms with E-state index in [0.717, 1.165) is 9.75 Å². The molecule has 0 amide bonds. The van der Waals surface area contributed by atoms with Gasteiger partial charge in [-0.25, -0.2) is 0 Å². The summed E-state index contributed by atoms with van der Waals surface area (Å²) in [6.45, 7) is 2.17. The van der Waals surface area contributed by atoms with Crippen LogP contribution in [-0.4, -0.2) is 23.7 Å². The maximum atomic E-state index is 11.1. The van der Waals surface area contributed by atoms with Gasteiger partial charge in [-0.05, 0) is 25.5 Å². The molecule has 0 saturated carbocycles. The summed E-state index contributed by atoms with van der Waals surface area (Å²) in [6.07, 6.45) is 1.01. The third-order valence-electron chi connectivity index (χ3n) is 1.92. The Morgan fingerprint density at radius 1 is 1.38 bits per heavy atom. The van der Waals surface area contributed by atoms with Crippen LogP contribution in [0.3, 0.4) is 0 Å². The SMILES string of the molecule is CCOC(=O)CCc1ccc(CC(=O)O)s1. The van der Waals surface area contributed by atoms with Crippen LogP contribution in [0.5, 0.6) is 0 Å². The first-order valence-electron chi connectivity index (χ1n) is 5.06. The summed E-state index contributed by atoms with van der Waals surface area (Å²) in [6, 6.07) is 3.65. The predicted molar refractivity (Wildman–Crippen MR) is 60.6 cm³/mol. The molecule has 0 bridgehead atoms. The molecular formula is C11H14O4S. The van der Waals surface area contributed by atoms with Crippen molar-refractivity contribution in [3.05, 3.63) is 21.9 Å². The van der Waals surface area contributed by atoms with Crippen molar-refractivity contribution in [2.45, 2.75) is 26.2 Å². The van der Waals surface area contributed by atoms with E-state index in [0.29, 0.717) is 19.4 Å². The van der Waals surface area contributed by atoms with E-state index in [1.165, 1.54) is 11.3 Å². The van der Waals surface area contributed by atoms with Crippen molar-refractivity contribution in [1.29, 1.82) is 0 Å². The number of ether oxygens (including phenoxy) is 1. The molecule has 16 heavy (non-hydrogen) atoms. The Hall–Kier alpha value is -1.36. The van der Waals surface area contributed by atoms with Crippen molar-refractivity contribution in [3.8, 4) is 0 Å². The number of carbonyl (C=O) groups excluding carboxylic acids is 1. The Kier molecular flexibility index (Phi) is 4.98. The topological polar surface area (TPSA) is 63.6 Å². The van der Waals surface area contributed by atoms with Gasteiger partial charge in [0, 0.05) is 9.75 Å². The summed E-state index contributed by atoms with van der Waals surface area (Å²) in [5, 5.41) is 8.60. The zero-order valence-corrected chi connectivity index (χ0v) is 9.88. The molecule has 0 aromatic carbocycles. The predicted octanol–water partition coefficient (Wildman–Crippen LogP) is 1.87. The standard InChI is InChI=1S/C11H14O4S/c1-2-15-11(14)6-5-8-3-4-9(16-8)7-10(12)13/h3-4H,2,5-7H2,1H3,(H,12,13). The highest BCUT2D eigenvalue weighted by atomic mass is 32.1. The van der Waals surface area contributed by atoms with Gasteiger partial charge in [0.05, 0.1) is 19.4 Å². The molecule has 0 atom stereocenters. The van der Waals surface area contributed by atoms with E-state index in [-0.39, 0.29) is 12.4 Å². The molecule has 0 unspecified atom stereocenters. The number of rotatable bonds is 6. The molecule has 0 saturated heterocycles. The highest BCUT2D eigenvalue weighted by Gasteiger charge is 2.07. The molecule has 1 heterocycles. The van der Waals surface area contributed by atoms with Crippen molar-refractivity contribution < 1.29 is 19.4 Å². The molecule has 0 fully saturated rings. The van der Waals surface area contributed by atoms with Crippen LogP contribution in [-0.2, 0) is 27.2 Å². The van der Waals surface area contributed by atoms with E-state index in [4.69, 9.17) is 9.84 Å². The Morgan fingerprint density at radius 3 is 2.69 bits per heavy atom. The molecule has 0 aliphatic carbocycles. The normalized spacial score (nSPS) is 10.1. The van der Waals surface area contributed by atoms with Crippen LogP contribution in [0.15, 0.2) is 12.1 Å². The van der Waals surface area contributed by atoms with Crippen molar-refractivity contribution in [3.63, 3.8) is 0 Å². The van der Waals surface area contributed by atoms with Gasteiger partial charge in [0.2, 0.25) is 0 Å². The average molecular weight is 242 g/mol. The number of hydrogen-bond donors (Lipinski definition) is 1. The summed E-state index contributed by atoms with van der Waals surface area (Å²) >= 11 is 1.43. The summed E-state index contributed by atoms with van der Waals surface area (Å²) in [4.78, 5) is 23.4. The first kappa shape index (κ1) is 12.7. The molecule has 1 aromatic rings. The van der Waals surface area contributed by atoms with E-state index in [2.05, 4.69) is 0 Å². The molecule has 1 rings (SSSR count). The van der Waals surface area contributed by atoms with E-state index in [9.17, 15) is 9.59 Å². The summed E-state index contributed by atoms with van der Waals surface area (Å²) in [5.41, 5.74) is 0. The number of esters is 1. The van der Waals surface area contributed by atoms with Gasteiger partial charge in [0.15, 0.2) is 0 Å². The van der Waals surface area contributed by atoms with Gasteiger partial charge in [-0.1, -0.05) is 0 Å². The smallest absolute Gasteiger partial charge is 0.308 e. The zero-order valence-electron chi connectivity index (χ0n) is 9.06. The van der Waals surface area contributed by atoms with Crippen LogP contribution in [0.2, 0.25) is 0 Å². The summed E-state index contributed by atoms with van der Waals surface area (Å²) in [5.74, 6) is -1.05. The lowest BCUT2D eigenvalue weighted by molar-refractivity contribution is -0.143. The van der Waals surface area contributed by atoms with Gasteiger partial charge in [0.1, 0.15) is 0 Å². The fourth-order valence-corrected chi connectivity index (χ4v) is 2.27. The summed E-state index contributed by atoms with van der Waals surface area (Å²) < 4.78 is 4.81. The lowest BCUT2D eigenvalue weighted by Crippen LogP contribution is -2.04. The molecule has 88 valence electrons. The largest absolute Gasteiger partial charge is 0.481 e. The Morgan fingerprint density at radius 2 is 2.06 bits per heavy atom. The second-order valence-corrected chi connectivity index (χ2v) is 4.50. The van der Waals surface area contributed by atoms with Crippen LogP contribution >= 0.6 is 11.3 Å².